The molecule has 8 atom stereocenters. The first-order valence-electron chi connectivity index (χ1n) is 24.1. The number of aliphatic hydroxyl groups excluding tert-OH is 5. The smallest absolute Gasteiger partial charge is 0.462 e. The standard InChI is InChI=1S/C47H87O13P/c1-3-5-7-9-11-13-15-17-19-20-22-24-26-28-30-32-34-36-41(49)59-39(38-58-61(55,56)60-47-45(53)43(51)42(50)44(52)46(47)54)37-57-40(48)35-33-31-29-27-25-23-21-18-16-14-12-10-8-6-4-2/h17,19,25,27,39,42-47,50-54H,3-16,18,20-24,26,28-38H2,1-2H3,(H,55,56)/b19-17+,27-25+/t39-,42?,43+,44?,45?,46?,47?/m1/s1. The van der Waals surface area contributed by atoms with Crippen molar-refractivity contribution in [1.29, 1.82) is 0 Å². The quantitative estimate of drug-likeness (QED) is 0.0147. The summed E-state index contributed by atoms with van der Waals surface area (Å²) in [6.07, 6.45) is 28.0. The molecule has 0 bridgehead atoms. The lowest BCUT2D eigenvalue weighted by molar-refractivity contribution is -0.220. The highest BCUT2D eigenvalue weighted by molar-refractivity contribution is 7.47. The summed E-state index contributed by atoms with van der Waals surface area (Å²) < 4.78 is 33.5. The van der Waals surface area contributed by atoms with Crippen molar-refractivity contribution in [3.05, 3.63) is 24.3 Å². The van der Waals surface area contributed by atoms with Crippen LogP contribution < -0.4 is 0 Å². The fourth-order valence-electron chi connectivity index (χ4n) is 7.34. The first kappa shape index (κ1) is 57.3. The lowest BCUT2D eigenvalue weighted by Gasteiger charge is -2.41. The summed E-state index contributed by atoms with van der Waals surface area (Å²) >= 11 is 0. The molecule has 0 aromatic heterocycles. The zero-order valence-electron chi connectivity index (χ0n) is 38.0. The Labute approximate surface area is 368 Å². The van der Waals surface area contributed by atoms with Gasteiger partial charge in [0, 0.05) is 12.8 Å². The molecule has 0 amide bonds. The molecular formula is C47H87O13P. The van der Waals surface area contributed by atoms with E-state index >= 15 is 0 Å². The van der Waals surface area contributed by atoms with E-state index in [1.165, 1.54) is 116 Å². The average Bonchev–Trinajstić information content (AvgIpc) is 3.24. The number of carbonyl (C=O) groups excluding carboxylic acids is 2. The van der Waals surface area contributed by atoms with Crippen molar-refractivity contribution in [1.82, 2.24) is 0 Å². The molecule has 0 saturated heterocycles. The molecule has 0 aromatic carbocycles. The van der Waals surface area contributed by atoms with Gasteiger partial charge in [-0.15, -0.1) is 0 Å². The summed E-state index contributed by atoms with van der Waals surface area (Å²) in [6.45, 7) is 3.29. The summed E-state index contributed by atoms with van der Waals surface area (Å²) in [5.74, 6) is -1.12. The Hall–Kier alpha value is -1.67. The van der Waals surface area contributed by atoms with E-state index in [2.05, 4.69) is 38.2 Å². The largest absolute Gasteiger partial charge is 0.472 e. The second kappa shape index (κ2) is 37.7. The molecule has 0 radical (unpaired) electrons. The fourth-order valence-corrected chi connectivity index (χ4v) is 8.31. The minimum Gasteiger partial charge on any atom is -0.462 e. The third-order valence-electron chi connectivity index (χ3n) is 11.3. The van der Waals surface area contributed by atoms with Crippen molar-refractivity contribution < 1.29 is 63.1 Å². The van der Waals surface area contributed by atoms with Gasteiger partial charge in [0.1, 0.15) is 43.2 Å². The van der Waals surface area contributed by atoms with Gasteiger partial charge in [-0.1, -0.05) is 154 Å². The van der Waals surface area contributed by atoms with Crippen LogP contribution in [0.2, 0.25) is 0 Å². The molecule has 1 aliphatic rings. The first-order chi connectivity index (χ1) is 29.4. The van der Waals surface area contributed by atoms with E-state index in [0.717, 1.165) is 51.4 Å². The molecule has 13 nitrogen and oxygen atoms in total. The van der Waals surface area contributed by atoms with Crippen LogP contribution in [-0.2, 0) is 32.7 Å². The van der Waals surface area contributed by atoms with Crippen molar-refractivity contribution in [2.75, 3.05) is 13.2 Å². The second-order valence-electron chi connectivity index (χ2n) is 17.0. The van der Waals surface area contributed by atoms with Gasteiger partial charge < -0.3 is 39.9 Å². The summed E-state index contributed by atoms with van der Waals surface area (Å²) in [4.78, 5) is 35.7. The number of rotatable bonds is 40. The summed E-state index contributed by atoms with van der Waals surface area (Å²) in [5.41, 5.74) is 0. The molecular weight excluding hydrogens is 803 g/mol. The van der Waals surface area contributed by atoms with Crippen LogP contribution in [-0.4, -0.2) is 98.3 Å². The highest BCUT2D eigenvalue weighted by atomic mass is 31.2. The molecule has 0 aromatic rings. The Morgan fingerprint density at radius 1 is 0.492 bits per heavy atom. The van der Waals surface area contributed by atoms with E-state index in [4.69, 9.17) is 18.5 Å². The number of allylic oxidation sites excluding steroid dienone is 4. The van der Waals surface area contributed by atoms with Crippen LogP contribution in [0, 0.1) is 0 Å². The van der Waals surface area contributed by atoms with E-state index in [-0.39, 0.29) is 12.8 Å². The molecule has 1 saturated carbocycles. The van der Waals surface area contributed by atoms with Crippen LogP contribution in [0.5, 0.6) is 0 Å². The van der Waals surface area contributed by atoms with Gasteiger partial charge in [0.15, 0.2) is 6.10 Å². The highest BCUT2D eigenvalue weighted by Gasteiger charge is 2.51. The Morgan fingerprint density at radius 3 is 1.28 bits per heavy atom. The Morgan fingerprint density at radius 2 is 0.836 bits per heavy atom. The molecule has 1 rings (SSSR count). The number of ether oxygens (including phenoxy) is 2. The van der Waals surface area contributed by atoms with Crippen LogP contribution in [0.4, 0.5) is 0 Å². The molecule has 0 spiro atoms. The number of aliphatic hydroxyl groups is 5. The molecule has 0 aliphatic heterocycles. The maximum atomic E-state index is 12.8. The van der Waals surface area contributed by atoms with E-state index in [1.54, 1.807) is 0 Å². The van der Waals surface area contributed by atoms with Crippen molar-refractivity contribution in [3.63, 3.8) is 0 Å². The minimum atomic E-state index is -5.12. The van der Waals surface area contributed by atoms with Crippen molar-refractivity contribution in [2.45, 2.75) is 249 Å². The third kappa shape index (κ3) is 30.2. The van der Waals surface area contributed by atoms with E-state index in [0.29, 0.717) is 12.8 Å². The fraction of sp³-hybridized carbons (Fsp3) is 0.872. The van der Waals surface area contributed by atoms with Gasteiger partial charge in [-0.25, -0.2) is 4.57 Å². The molecule has 358 valence electrons. The van der Waals surface area contributed by atoms with Crippen molar-refractivity contribution in [2.24, 2.45) is 0 Å². The summed E-state index contributed by atoms with van der Waals surface area (Å²) in [5, 5.41) is 50.2. The highest BCUT2D eigenvalue weighted by Crippen LogP contribution is 2.47. The number of phosphoric ester groups is 1. The lowest BCUT2D eigenvalue weighted by atomic mass is 9.85. The number of hydrogen-bond donors (Lipinski definition) is 6. The second-order valence-corrected chi connectivity index (χ2v) is 18.4. The molecule has 0 heterocycles. The van der Waals surface area contributed by atoms with Crippen LogP contribution in [0.15, 0.2) is 24.3 Å². The van der Waals surface area contributed by atoms with E-state index in [9.17, 15) is 44.6 Å². The van der Waals surface area contributed by atoms with Crippen LogP contribution in [0.3, 0.4) is 0 Å². The van der Waals surface area contributed by atoms with Gasteiger partial charge in [0.05, 0.1) is 6.61 Å². The van der Waals surface area contributed by atoms with Gasteiger partial charge >= 0.3 is 19.8 Å². The zero-order chi connectivity index (χ0) is 45.0. The monoisotopic (exact) mass is 891 g/mol. The van der Waals surface area contributed by atoms with Crippen molar-refractivity contribution >= 4 is 19.8 Å². The predicted molar refractivity (Wildman–Crippen MR) is 240 cm³/mol. The summed E-state index contributed by atoms with van der Waals surface area (Å²) in [6, 6.07) is 0. The SMILES string of the molecule is CCCCCCCC/C=C/CCCCCCCCCC(=O)O[C@H](COC(=O)CCCC/C=C/CCCCCCCCCCC)COP(=O)(O)OC1C(O)C(O)C(O)[C@H](O)C1O. The maximum Gasteiger partial charge on any atom is 0.472 e. The molecule has 61 heavy (non-hydrogen) atoms. The first-order valence-corrected chi connectivity index (χ1v) is 25.6. The summed E-state index contributed by atoms with van der Waals surface area (Å²) in [7, 11) is -5.12. The third-order valence-corrected chi connectivity index (χ3v) is 12.3. The lowest BCUT2D eigenvalue weighted by Crippen LogP contribution is -2.64. The Balaban J connectivity index is 2.45. The minimum absolute atomic E-state index is 0.0896. The van der Waals surface area contributed by atoms with E-state index in [1.807, 2.05) is 0 Å². The number of esters is 2. The van der Waals surface area contributed by atoms with Crippen molar-refractivity contribution in [3.8, 4) is 0 Å². The molecule has 6 unspecified atom stereocenters. The Kier molecular flexibility index (Phi) is 35.4. The number of unbranched alkanes of at least 4 members (excludes halogenated alkanes) is 24. The Bertz CT molecular complexity index is 1170. The number of carbonyl (C=O) groups is 2. The molecule has 6 N–H and O–H groups in total. The van der Waals surface area contributed by atoms with Gasteiger partial charge in [0.2, 0.25) is 0 Å². The van der Waals surface area contributed by atoms with Gasteiger partial charge in [-0.3, -0.25) is 18.6 Å². The van der Waals surface area contributed by atoms with Gasteiger partial charge in [-0.05, 0) is 64.2 Å². The zero-order valence-corrected chi connectivity index (χ0v) is 38.9. The predicted octanol–water partition coefficient (Wildman–Crippen LogP) is 9.62. The molecule has 1 aliphatic carbocycles. The topological polar surface area (TPSA) is 210 Å². The number of hydrogen-bond acceptors (Lipinski definition) is 12. The van der Waals surface area contributed by atoms with Gasteiger partial charge in [0.25, 0.3) is 0 Å². The van der Waals surface area contributed by atoms with Crippen LogP contribution in [0.1, 0.15) is 206 Å². The maximum absolute atomic E-state index is 12.8. The van der Waals surface area contributed by atoms with Crippen LogP contribution in [0.25, 0.3) is 0 Å². The molecule has 1 fully saturated rings. The normalized spacial score (nSPS) is 22.2. The van der Waals surface area contributed by atoms with Gasteiger partial charge in [-0.2, -0.15) is 0 Å². The van der Waals surface area contributed by atoms with Crippen LogP contribution >= 0.6 is 7.82 Å². The average molecular weight is 891 g/mol. The van der Waals surface area contributed by atoms with E-state index < -0.39 is 75.7 Å². The number of phosphoric acid groups is 1. The molecule has 14 heteroatoms.